The molecule has 0 amide bonds. The summed E-state index contributed by atoms with van der Waals surface area (Å²) in [6.45, 7) is 0.373. The van der Waals surface area contributed by atoms with Gasteiger partial charge in [0, 0.05) is 0 Å². The maximum atomic E-state index is 10.5. The topological polar surface area (TPSA) is 96.4 Å². The molecule has 1 atom stereocenters. The predicted octanol–water partition coefficient (Wildman–Crippen LogP) is -6.07. The Balaban J connectivity index is -0.000000180. The van der Waals surface area contributed by atoms with Crippen LogP contribution in [0.3, 0.4) is 0 Å². The maximum Gasteiger partial charge on any atom is 1.00 e. The Bertz CT molecular complexity index is 234. The first kappa shape index (κ1) is 16.9. The monoisotopic (exact) mass is 224 g/mol. The minimum atomic E-state index is -1.03. The quantitative estimate of drug-likeness (QED) is 0.188. The molecule has 7 nitrogen and oxygen atoms in total. The van der Waals surface area contributed by atoms with Crippen molar-refractivity contribution in [1.82, 2.24) is 5.01 Å². The standard InChI is InChI=1S/C5H9N3O4.2Na.2H/c9-5(10)4-2-1-3-7(4)8(12)6-11;;;;/h4,12H,1-3H2,(H,9,10);;;;/q;2*+1;2*-1/p+1/t4-;;;;/m0..../s1. The molecule has 0 unspecified atom stereocenters. The van der Waals surface area contributed by atoms with Crippen LogP contribution < -0.4 is 59.1 Å². The van der Waals surface area contributed by atoms with Gasteiger partial charge in [-0.1, -0.05) is 5.01 Å². The Kier molecular flexibility index (Phi) is 9.31. The Morgan fingerprint density at radius 1 is 1.57 bits per heavy atom. The Morgan fingerprint density at radius 3 is 2.57 bits per heavy atom. The van der Waals surface area contributed by atoms with Gasteiger partial charge in [-0.3, -0.25) is 0 Å². The third-order valence-electron chi connectivity index (χ3n) is 1.82. The summed E-state index contributed by atoms with van der Waals surface area (Å²) in [7, 11) is 0. The van der Waals surface area contributed by atoms with Gasteiger partial charge in [0.2, 0.25) is 0 Å². The molecule has 0 aromatic carbocycles. The number of rotatable bonds is 2. The van der Waals surface area contributed by atoms with E-state index in [-0.39, 0.29) is 66.9 Å². The number of hydrogen-bond acceptors (Lipinski definition) is 2. The van der Waals surface area contributed by atoms with Gasteiger partial charge in [0.15, 0.2) is 6.04 Å². The second-order valence-corrected chi connectivity index (χ2v) is 2.52. The number of nitrogens with zero attached hydrogens (tertiary/aromatic N) is 3. The molecule has 3 N–H and O–H groups in total. The van der Waals surface area contributed by atoms with Crippen LogP contribution in [-0.4, -0.2) is 44.1 Å². The number of carboxylic acid groups (broad SMARTS) is 1. The molecule has 0 spiro atoms. The third-order valence-corrected chi connectivity index (χ3v) is 1.82. The minimum Gasteiger partial charge on any atom is -1.00 e. The van der Waals surface area contributed by atoms with Crippen LogP contribution in [0, 0.1) is 0 Å². The van der Waals surface area contributed by atoms with Gasteiger partial charge in [0.05, 0.1) is 6.54 Å². The summed E-state index contributed by atoms with van der Waals surface area (Å²) < 4.78 is 0. The summed E-state index contributed by atoms with van der Waals surface area (Å²) >= 11 is 0. The molecule has 0 aliphatic carbocycles. The van der Waals surface area contributed by atoms with E-state index in [1.54, 1.807) is 0 Å². The van der Waals surface area contributed by atoms with E-state index in [0.29, 0.717) is 19.4 Å². The smallest absolute Gasteiger partial charge is 1.00 e. The summed E-state index contributed by atoms with van der Waals surface area (Å²) in [4.78, 5) is 10.7. The van der Waals surface area contributed by atoms with Crippen LogP contribution in [-0.2, 0) is 4.79 Å². The van der Waals surface area contributed by atoms with Crippen molar-refractivity contribution in [1.29, 1.82) is 0 Å². The average molecular weight is 224 g/mol. The van der Waals surface area contributed by atoms with E-state index in [0.717, 1.165) is 5.01 Å². The molecular formula is C5H12N3Na2O4+. The summed E-state index contributed by atoms with van der Waals surface area (Å²) in [5.41, 5.74) is 0. The van der Waals surface area contributed by atoms with Crippen LogP contribution in [0.5, 0.6) is 0 Å². The van der Waals surface area contributed by atoms with E-state index in [1.807, 2.05) is 0 Å². The summed E-state index contributed by atoms with van der Waals surface area (Å²) in [5.74, 6) is -1.03. The predicted molar refractivity (Wildman–Crippen MR) is 35.8 cm³/mol. The number of carbonyl (C=O) groups is 1. The van der Waals surface area contributed by atoms with Crippen LogP contribution in [0.1, 0.15) is 15.7 Å². The van der Waals surface area contributed by atoms with Gasteiger partial charge < -0.3 is 13.2 Å². The Labute approximate surface area is 128 Å². The number of hydrogen-bond donors (Lipinski definition) is 3. The van der Waals surface area contributed by atoms with Gasteiger partial charge in [-0.25, -0.2) is 10.0 Å². The molecule has 1 saturated heterocycles. The van der Waals surface area contributed by atoms with E-state index in [1.165, 1.54) is 0 Å². The first-order valence-electron chi connectivity index (χ1n) is 3.50. The van der Waals surface area contributed by atoms with Gasteiger partial charge in [-0.05, 0) is 12.8 Å². The number of aliphatic carboxylic acids is 1. The normalized spacial score (nSPS) is 21.0. The molecule has 0 aromatic heterocycles. The van der Waals surface area contributed by atoms with Crippen LogP contribution in [0.4, 0.5) is 0 Å². The van der Waals surface area contributed by atoms with E-state index in [4.69, 9.17) is 15.5 Å². The molecule has 0 bridgehead atoms. The zero-order valence-corrected chi connectivity index (χ0v) is 12.3. The molecule has 1 rings (SSSR count). The van der Waals surface area contributed by atoms with Crippen LogP contribution in [0.15, 0.2) is 5.28 Å². The molecule has 0 aromatic rings. The molecule has 0 saturated carbocycles. The Hall–Kier alpha value is 0.470. The molecule has 9 heteroatoms. The maximum absolute atomic E-state index is 10.5. The van der Waals surface area contributed by atoms with E-state index >= 15 is 0 Å². The molecule has 1 aliphatic rings. The summed E-state index contributed by atoms with van der Waals surface area (Å²) in [6, 6.07) is -0.800. The largest absolute Gasteiger partial charge is 1.00 e. The van der Waals surface area contributed by atoms with Crippen molar-refractivity contribution in [3.05, 3.63) is 0 Å². The SMILES string of the molecule is O=C(O)[C@@H]1CCCN1[N+](O)=NO.[H-].[H-].[Na+].[Na+]. The molecule has 1 aliphatic heterocycles. The fourth-order valence-corrected chi connectivity index (χ4v) is 1.27. The van der Waals surface area contributed by atoms with Gasteiger partial charge in [0.25, 0.3) is 10.2 Å². The van der Waals surface area contributed by atoms with Crippen molar-refractivity contribution in [3.63, 3.8) is 0 Å². The van der Waals surface area contributed by atoms with Crippen molar-refractivity contribution < 1.29 is 87.3 Å². The number of carboxylic acids is 1. The third kappa shape index (κ3) is 3.92. The fourth-order valence-electron chi connectivity index (χ4n) is 1.27. The zero-order chi connectivity index (χ0) is 9.14. The molecule has 72 valence electrons. The average Bonchev–Trinajstić information content (AvgIpc) is 2.50. The minimum absolute atomic E-state index is 0. The molecule has 1 heterocycles. The summed E-state index contributed by atoms with van der Waals surface area (Å²) in [6.07, 6.45) is 1.10. The second-order valence-electron chi connectivity index (χ2n) is 2.52. The Morgan fingerprint density at radius 2 is 2.14 bits per heavy atom. The first-order valence-corrected chi connectivity index (χ1v) is 3.50. The van der Waals surface area contributed by atoms with E-state index in [2.05, 4.69) is 5.28 Å². The number of hydrazine groups is 1. The second kappa shape index (κ2) is 7.72. The van der Waals surface area contributed by atoms with Crippen LogP contribution in [0.25, 0.3) is 0 Å². The van der Waals surface area contributed by atoms with Crippen LogP contribution >= 0.6 is 0 Å². The molecule has 0 radical (unpaired) electrons. The van der Waals surface area contributed by atoms with E-state index in [9.17, 15) is 4.79 Å². The molecule has 14 heavy (non-hydrogen) atoms. The van der Waals surface area contributed by atoms with Crippen molar-refractivity contribution >= 4 is 5.97 Å². The van der Waals surface area contributed by atoms with Gasteiger partial charge in [-0.15, -0.1) is 0 Å². The molecular weight excluding hydrogens is 212 g/mol. The van der Waals surface area contributed by atoms with Crippen molar-refractivity contribution in [3.8, 4) is 0 Å². The van der Waals surface area contributed by atoms with Crippen molar-refractivity contribution in [2.45, 2.75) is 18.9 Å². The first-order chi connectivity index (χ1) is 5.66. The van der Waals surface area contributed by atoms with E-state index < -0.39 is 12.0 Å². The summed E-state index contributed by atoms with van der Waals surface area (Å²) in [5, 5.41) is 29.2. The van der Waals surface area contributed by atoms with Gasteiger partial charge >= 0.3 is 65.1 Å². The van der Waals surface area contributed by atoms with Crippen LogP contribution in [0.2, 0.25) is 0 Å². The van der Waals surface area contributed by atoms with Crippen molar-refractivity contribution in [2.24, 2.45) is 5.28 Å². The van der Waals surface area contributed by atoms with Gasteiger partial charge in [-0.2, -0.15) is 0 Å². The van der Waals surface area contributed by atoms with Crippen molar-refractivity contribution in [2.75, 3.05) is 6.54 Å². The zero-order valence-electron chi connectivity index (χ0n) is 10.3. The molecule has 1 fully saturated rings. The fraction of sp³-hybridized carbons (Fsp3) is 0.800. The van der Waals surface area contributed by atoms with Gasteiger partial charge in [0.1, 0.15) is 0 Å².